The molecule has 0 aromatic heterocycles. The third-order valence-corrected chi connectivity index (χ3v) is 6.18. The predicted octanol–water partition coefficient (Wildman–Crippen LogP) is 1.52. The van der Waals surface area contributed by atoms with Crippen molar-refractivity contribution >= 4 is 39.9 Å². The van der Waals surface area contributed by atoms with Crippen LogP contribution in [-0.4, -0.2) is 62.5 Å². The molecule has 0 aliphatic carbocycles. The SMILES string of the molecule is CCS(=O)(=O)N(C)CC(=O)N1CCNCC1c1ccccc1Cl.Cl. The third kappa shape index (κ3) is 4.83. The molecule has 1 heterocycles. The first kappa shape index (κ1) is 21.2. The number of likely N-dealkylation sites (N-methyl/N-ethyl adjacent to an activating group) is 1. The zero-order chi connectivity index (χ0) is 17.0. The van der Waals surface area contributed by atoms with Gasteiger partial charge in [-0.1, -0.05) is 29.8 Å². The molecule has 0 bridgehead atoms. The minimum Gasteiger partial charge on any atom is -0.332 e. The molecule has 1 aliphatic rings. The lowest BCUT2D eigenvalue weighted by atomic mass is 10.0. The number of amides is 1. The highest BCUT2D eigenvalue weighted by molar-refractivity contribution is 7.89. The van der Waals surface area contributed by atoms with E-state index in [4.69, 9.17) is 11.6 Å². The molecule has 1 N–H and O–H groups in total. The molecule has 1 unspecified atom stereocenters. The quantitative estimate of drug-likeness (QED) is 0.820. The van der Waals surface area contributed by atoms with Crippen molar-refractivity contribution in [1.82, 2.24) is 14.5 Å². The van der Waals surface area contributed by atoms with Crippen LogP contribution in [0.1, 0.15) is 18.5 Å². The lowest BCUT2D eigenvalue weighted by Crippen LogP contribution is -2.51. The van der Waals surface area contributed by atoms with Crippen molar-refractivity contribution in [1.29, 1.82) is 0 Å². The topological polar surface area (TPSA) is 69.7 Å². The molecule has 9 heteroatoms. The van der Waals surface area contributed by atoms with Crippen LogP contribution in [0.15, 0.2) is 24.3 Å². The predicted molar refractivity (Wildman–Crippen MR) is 98.1 cm³/mol. The largest absolute Gasteiger partial charge is 0.332 e. The van der Waals surface area contributed by atoms with E-state index in [0.717, 1.165) is 9.87 Å². The van der Waals surface area contributed by atoms with Crippen LogP contribution in [0.4, 0.5) is 0 Å². The van der Waals surface area contributed by atoms with E-state index in [1.54, 1.807) is 17.9 Å². The molecular formula is C15H23Cl2N3O3S. The zero-order valence-electron chi connectivity index (χ0n) is 13.7. The van der Waals surface area contributed by atoms with Crippen LogP contribution in [0.5, 0.6) is 0 Å². The second-order valence-corrected chi connectivity index (χ2v) is 8.26. The van der Waals surface area contributed by atoms with Crippen LogP contribution in [0.2, 0.25) is 5.02 Å². The van der Waals surface area contributed by atoms with Crippen LogP contribution < -0.4 is 5.32 Å². The van der Waals surface area contributed by atoms with Gasteiger partial charge in [-0.25, -0.2) is 8.42 Å². The van der Waals surface area contributed by atoms with Crippen molar-refractivity contribution in [2.24, 2.45) is 0 Å². The zero-order valence-corrected chi connectivity index (χ0v) is 16.1. The molecule has 0 spiro atoms. The summed E-state index contributed by atoms with van der Waals surface area (Å²) in [5.41, 5.74) is 0.871. The van der Waals surface area contributed by atoms with Gasteiger partial charge in [0.05, 0.1) is 18.3 Å². The average Bonchev–Trinajstić information content (AvgIpc) is 2.55. The second-order valence-electron chi connectivity index (χ2n) is 5.49. The smallest absolute Gasteiger partial charge is 0.238 e. The van der Waals surface area contributed by atoms with Crippen LogP contribution in [0, 0.1) is 0 Å². The summed E-state index contributed by atoms with van der Waals surface area (Å²) in [6, 6.07) is 7.22. The van der Waals surface area contributed by atoms with Gasteiger partial charge in [-0.2, -0.15) is 4.31 Å². The maximum Gasteiger partial charge on any atom is 0.238 e. The summed E-state index contributed by atoms with van der Waals surface area (Å²) in [6.45, 7) is 3.20. The number of carbonyl (C=O) groups excluding carboxylic acids is 1. The fourth-order valence-corrected chi connectivity index (χ4v) is 3.64. The van der Waals surface area contributed by atoms with E-state index >= 15 is 0 Å². The van der Waals surface area contributed by atoms with Crippen LogP contribution >= 0.6 is 24.0 Å². The van der Waals surface area contributed by atoms with Crippen molar-refractivity contribution in [3.63, 3.8) is 0 Å². The number of rotatable bonds is 5. The Labute approximate surface area is 154 Å². The molecule has 1 aromatic carbocycles. The number of halogens is 2. The molecule has 1 saturated heterocycles. The van der Waals surface area contributed by atoms with Gasteiger partial charge in [-0.15, -0.1) is 12.4 Å². The van der Waals surface area contributed by atoms with Gasteiger partial charge in [-0.3, -0.25) is 4.79 Å². The number of hydrogen-bond acceptors (Lipinski definition) is 4. The molecule has 1 fully saturated rings. The number of benzene rings is 1. The standard InChI is InChI=1S/C15H22ClN3O3S.ClH/c1-3-23(21,22)18(2)11-15(20)19-9-8-17-10-14(19)12-6-4-5-7-13(12)16;/h4-7,14,17H,3,8-11H2,1-2H3;1H. The summed E-state index contributed by atoms with van der Waals surface area (Å²) in [5.74, 6) is -0.234. The molecule has 1 atom stereocenters. The summed E-state index contributed by atoms with van der Waals surface area (Å²) in [4.78, 5) is 14.3. The molecule has 2 rings (SSSR count). The Hall–Kier alpha value is -0.860. The van der Waals surface area contributed by atoms with E-state index in [9.17, 15) is 13.2 Å². The van der Waals surface area contributed by atoms with Crippen LogP contribution in [0.25, 0.3) is 0 Å². The molecule has 1 aliphatic heterocycles. The van der Waals surface area contributed by atoms with Gasteiger partial charge in [0.1, 0.15) is 0 Å². The van der Waals surface area contributed by atoms with E-state index in [0.29, 0.717) is 24.7 Å². The van der Waals surface area contributed by atoms with Crippen molar-refractivity contribution in [3.8, 4) is 0 Å². The highest BCUT2D eigenvalue weighted by atomic mass is 35.5. The van der Waals surface area contributed by atoms with E-state index in [1.807, 2.05) is 18.2 Å². The Morgan fingerprint density at radius 3 is 2.71 bits per heavy atom. The van der Waals surface area contributed by atoms with Crippen LogP contribution in [0.3, 0.4) is 0 Å². The van der Waals surface area contributed by atoms with E-state index in [2.05, 4.69) is 5.32 Å². The second kappa shape index (κ2) is 9.01. The Morgan fingerprint density at radius 2 is 2.08 bits per heavy atom. The van der Waals surface area contributed by atoms with Gasteiger partial charge in [0.15, 0.2) is 0 Å². The third-order valence-electron chi connectivity index (χ3n) is 4.03. The van der Waals surface area contributed by atoms with Gasteiger partial charge in [-0.05, 0) is 18.6 Å². The highest BCUT2D eigenvalue weighted by Gasteiger charge is 2.31. The first-order valence-corrected chi connectivity index (χ1v) is 9.54. The summed E-state index contributed by atoms with van der Waals surface area (Å²) in [7, 11) is -1.94. The van der Waals surface area contributed by atoms with Gasteiger partial charge < -0.3 is 10.2 Å². The van der Waals surface area contributed by atoms with Gasteiger partial charge >= 0.3 is 0 Å². The highest BCUT2D eigenvalue weighted by Crippen LogP contribution is 2.28. The van der Waals surface area contributed by atoms with Crippen molar-refractivity contribution in [2.75, 3.05) is 39.0 Å². The summed E-state index contributed by atoms with van der Waals surface area (Å²) in [5, 5.41) is 3.86. The Balaban J connectivity index is 0.00000288. The van der Waals surface area contributed by atoms with Gasteiger partial charge in [0.2, 0.25) is 15.9 Å². The molecule has 6 nitrogen and oxygen atoms in total. The number of hydrogen-bond donors (Lipinski definition) is 1. The molecule has 136 valence electrons. The fourth-order valence-electron chi connectivity index (χ4n) is 2.63. The van der Waals surface area contributed by atoms with Crippen molar-refractivity contribution < 1.29 is 13.2 Å². The molecule has 1 amide bonds. The summed E-state index contributed by atoms with van der Waals surface area (Å²) in [6.07, 6.45) is 0. The average molecular weight is 396 g/mol. The lowest BCUT2D eigenvalue weighted by Gasteiger charge is -2.37. The van der Waals surface area contributed by atoms with Gasteiger partial charge in [0.25, 0.3) is 0 Å². The fraction of sp³-hybridized carbons (Fsp3) is 0.533. The summed E-state index contributed by atoms with van der Waals surface area (Å²) >= 11 is 6.26. The number of carbonyl (C=O) groups is 1. The first-order valence-electron chi connectivity index (χ1n) is 7.55. The molecule has 0 radical (unpaired) electrons. The van der Waals surface area contributed by atoms with Crippen molar-refractivity contribution in [2.45, 2.75) is 13.0 Å². The monoisotopic (exact) mass is 395 g/mol. The van der Waals surface area contributed by atoms with Gasteiger partial charge in [0, 0.05) is 31.7 Å². The Kier molecular flexibility index (Phi) is 7.95. The van der Waals surface area contributed by atoms with E-state index in [-0.39, 0.29) is 36.7 Å². The molecular weight excluding hydrogens is 373 g/mol. The minimum atomic E-state index is -3.38. The van der Waals surface area contributed by atoms with Crippen molar-refractivity contribution in [3.05, 3.63) is 34.9 Å². The van der Waals surface area contributed by atoms with E-state index in [1.165, 1.54) is 7.05 Å². The lowest BCUT2D eigenvalue weighted by molar-refractivity contribution is -0.134. The summed E-state index contributed by atoms with van der Waals surface area (Å²) < 4.78 is 24.8. The number of nitrogens with zero attached hydrogens (tertiary/aromatic N) is 2. The molecule has 1 aromatic rings. The minimum absolute atomic E-state index is 0. The normalized spacial score (nSPS) is 18.3. The maximum atomic E-state index is 12.6. The number of nitrogens with one attached hydrogen (secondary N) is 1. The molecule has 24 heavy (non-hydrogen) atoms. The maximum absolute atomic E-state index is 12.6. The molecule has 0 saturated carbocycles. The number of sulfonamides is 1. The number of piperazine rings is 1. The first-order chi connectivity index (χ1) is 10.9. The van der Waals surface area contributed by atoms with Crippen LogP contribution in [-0.2, 0) is 14.8 Å². The Morgan fingerprint density at radius 1 is 1.42 bits per heavy atom. The Bertz CT molecular complexity index is 670. The van der Waals surface area contributed by atoms with E-state index < -0.39 is 10.0 Å².